The van der Waals surface area contributed by atoms with Gasteiger partial charge in [0.1, 0.15) is 5.60 Å². The van der Waals surface area contributed by atoms with E-state index in [1.165, 1.54) is 0 Å². The van der Waals surface area contributed by atoms with E-state index in [1.807, 2.05) is 20.8 Å². The van der Waals surface area contributed by atoms with Gasteiger partial charge >= 0.3 is 6.09 Å². The normalized spacial score (nSPS) is 16.6. The standard InChI is InChI=1S/C21H42N4O4.HI/c1-7-9-17(24-20(26)29-21(2,3)4)16-23-19(22-5)25-12-10-18(11-13-25)28-15-8-14-27-6;/h17-18H,7-16H2,1-6H3,(H,22,23)(H,24,26);1H. The lowest BCUT2D eigenvalue weighted by Gasteiger charge is -2.34. The Labute approximate surface area is 199 Å². The highest BCUT2D eigenvalue weighted by Gasteiger charge is 2.23. The molecule has 30 heavy (non-hydrogen) atoms. The Morgan fingerprint density at radius 1 is 1.23 bits per heavy atom. The number of guanidine groups is 1. The van der Waals surface area contributed by atoms with Crippen LogP contribution in [-0.4, -0.2) is 81.7 Å². The van der Waals surface area contributed by atoms with Crippen LogP contribution < -0.4 is 10.6 Å². The van der Waals surface area contributed by atoms with Crippen LogP contribution in [0.3, 0.4) is 0 Å². The number of aliphatic imine (C=N–C) groups is 1. The molecule has 0 saturated carbocycles. The van der Waals surface area contributed by atoms with Crippen molar-refractivity contribution >= 4 is 36.0 Å². The second-order valence-corrected chi connectivity index (χ2v) is 8.46. The first-order valence-corrected chi connectivity index (χ1v) is 10.8. The second kappa shape index (κ2) is 15.9. The topological polar surface area (TPSA) is 84.4 Å². The minimum absolute atomic E-state index is 0. The quantitative estimate of drug-likeness (QED) is 0.191. The summed E-state index contributed by atoms with van der Waals surface area (Å²) in [5.41, 5.74) is -0.500. The number of nitrogens with zero attached hydrogens (tertiary/aromatic N) is 2. The molecule has 1 rings (SSSR count). The Morgan fingerprint density at radius 3 is 2.43 bits per heavy atom. The maximum atomic E-state index is 12.1. The first kappa shape index (κ1) is 29.2. The summed E-state index contributed by atoms with van der Waals surface area (Å²) in [5, 5.41) is 6.39. The van der Waals surface area contributed by atoms with Gasteiger partial charge < -0.3 is 29.7 Å². The van der Waals surface area contributed by atoms with Gasteiger partial charge in [-0.15, -0.1) is 24.0 Å². The predicted molar refractivity (Wildman–Crippen MR) is 132 cm³/mol. The molecule has 1 atom stereocenters. The summed E-state index contributed by atoms with van der Waals surface area (Å²) in [7, 11) is 3.51. The smallest absolute Gasteiger partial charge is 0.407 e. The molecule has 178 valence electrons. The predicted octanol–water partition coefficient (Wildman–Crippen LogP) is 3.39. The van der Waals surface area contributed by atoms with Crippen molar-refractivity contribution in [1.82, 2.24) is 15.5 Å². The summed E-state index contributed by atoms with van der Waals surface area (Å²) in [6.07, 6.45) is 4.70. The lowest BCUT2D eigenvalue weighted by molar-refractivity contribution is 0.00986. The van der Waals surface area contributed by atoms with E-state index in [9.17, 15) is 4.79 Å². The molecule has 0 spiro atoms. The number of ether oxygens (including phenoxy) is 3. The molecule has 1 amide bonds. The Bertz CT molecular complexity index is 492. The second-order valence-electron chi connectivity index (χ2n) is 8.46. The van der Waals surface area contributed by atoms with Crippen molar-refractivity contribution in [3.8, 4) is 0 Å². The zero-order valence-corrected chi connectivity index (χ0v) is 22.0. The summed E-state index contributed by atoms with van der Waals surface area (Å²) < 4.78 is 16.4. The van der Waals surface area contributed by atoms with E-state index >= 15 is 0 Å². The molecule has 2 N–H and O–H groups in total. The highest BCUT2D eigenvalue weighted by molar-refractivity contribution is 14.0. The Morgan fingerprint density at radius 2 is 1.90 bits per heavy atom. The molecule has 0 aliphatic carbocycles. The molecular weight excluding hydrogens is 499 g/mol. The number of nitrogens with one attached hydrogen (secondary N) is 2. The van der Waals surface area contributed by atoms with Crippen LogP contribution in [0.4, 0.5) is 4.79 Å². The van der Waals surface area contributed by atoms with Crippen LogP contribution in [0, 0.1) is 0 Å². The first-order valence-electron chi connectivity index (χ1n) is 10.8. The number of rotatable bonds is 10. The van der Waals surface area contributed by atoms with Crippen molar-refractivity contribution in [2.45, 2.75) is 77.5 Å². The fourth-order valence-corrected chi connectivity index (χ4v) is 3.28. The van der Waals surface area contributed by atoms with Crippen molar-refractivity contribution in [3.05, 3.63) is 0 Å². The van der Waals surface area contributed by atoms with Gasteiger partial charge in [0.15, 0.2) is 5.96 Å². The fraction of sp³-hybridized carbons (Fsp3) is 0.905. The van der Waals surface area contributed by atoms with E-state index in [0.29, 0.717) is 12.6 Å². The summed E-state index contributed by atoms with van der Waals surface area (Å²) in [4.78, 5) is 18.8. The molecule has 9 heteroatoms. The minimum Gasteiger partial charge on any atom is -0.444 e. The Balaban J connectivity index is 0.00000841. The molecule has 1 saturated heterocycles. The Kier molecular flexibility index (Phi) is 15.5. The molecule has 1 heterocycles. The number of carbonyl (C=O) groups excluding carboxylic acids is 1. The number of halogens is 1. The summed E-state index contributed by atoms with van der Waals surface area (Å²) in [6.45, 7) is 11.6. The maximum absolute atomic E-state index is 12.1. The van der Waals surface area contributed by atoms with Crippen LogP contribution >= 0.6 is 24.0 Å². The van der Waals surface area contributed by atoms with Crippen molar-refractivity contribution in [2.24, 2.45) is 4.99 Å². The number of carbonyl (C=O) groups is 1. The lowest BCUT2D eigenvalue weighted by atomic mass is 10.1. The highest BCUT2D eigenvalue weighted by Crippen LogP contribution is 2.14. The third kappa shape index (κ3) is 12.8. The van der Waals surface area contributed by atoms with Gasteiger partial charge in [-0.05, 0) is 46.5 Å². The number of hydrogen-bond acceptors (Lipinski definition) is 5. The SMILES string of the molecule is CCCC(CNC(=NC)N1CCC(OCCCOC)CC1)NC(=O)OC(C)(C)C.I. The number of hydrogen-bond donors (Lipinski definition) is 2. The first-order chi connectivity index (χ1) is 13.8. The van der Waals surface area contributed by atoms with Crippen LogP contribution in [0.2, 0.25) is 0 Å². The van der Waals surface area contributed by atoms with E-state index < -0.39 is 5.60 Å². The van der Waals surface area contributed by atoms with Crippen molar-refractivity contribution < 1.29 is 19.0 Å². The summed E-state index contributed by atoms with van der Waals surface area (Å²) >= 11 is 0. The third-order valence-electron chi connectivity index (χ3n) is 4.66. The van der Waals surface area contributed by atoms with Crippen molar-refractivity contribution in [1.29, 1.82) is 0 Å². The van der Waals surface area contributed by atoms with Gasteiger partial charge in [0.05, 0.1) is 6.10 Å². The zero-order valence-electron chi connectivity index (χ0n) is 19.7. The Hall–Kier alpha value is -0.810. The third-order valence-corrected chi connectivity index (χ3v) is 4.66. The van der Waals surface area contributed by atoms with E-state index in [1.54, 1.807) is 14.2 Å². The van der Waals surface area contributed by atoms with Gasteiger partial charge in [-0.3, -0.25) is 4.99 Å². The van der Waals surface area contributed by atoms with Gasteiger partial charge in [-0.2, -0.15) is 0 Å². The largest absolute Gasteiger partial charge is 0.444 e. The van der Waals surface area contributed by atoms with E-state index in [2.05, 4.69) is 27.4 Å². The van der Waals surface area contributed by atoms with Crippen molar-refractivity contribution in [2.75, 3.05) is 47.0 Å². The number of alkyl carbamates (subject to hydrolysis) is 1. The molecular formula is C21H43IN4O4. The lowest BCUT2D eigenvalue weighted by Crippen LogP contribution is -2.51. The molecule has 8 nitrogen and oxygen atoms in total. The van der Waals surface area contributed by atoms with Crippen LogP contribution in [-0.2, 0) is 14.2 Å². The van der Waals surface area contributed by atoms with Crippen LogP contribution in [0.15, 0.2) is 4.99 Å². The number of piperidine rings is 1. The number of likely N-dealkylation sites (tertiary alicyclic amines) is 1. The van der Waals surface area contributed by atoms with Crippen LogP contribution in [0.5, 0.6) is 0 Å². The van der Waals surface area contributed by atoms with Crippen LogP contribution in [0.1, 0.15) is 59.8 Å². The molecule has 0 bridgehead atoms. The fourth-order valence-electron chi connectivity index (χ4n) is 3.28. The summed E-state index contributed by atoms with van der Waals surface area (Å²) in [5.74, 6) is 0.870. The van der Waals surface area contributed by atoms with Gasteiger partial charge in [0.2, 0.25) is 0 Å². The zero-order chi connectivity index (χ0) is 21.7. The average Bonchev–Trinajstić information content (AvgIpc) is 2.65. The molecule has 0 radical (unpaired) electrons. The van der Waals surface area contributed by atoms with Gasteiger partial charge in [0, 0.05) is 53.0 Å². The minimum atomic E-state index is -0.500. The number of amides is 1. The molecule has 1 unspecified atom stereocenters. The van der Waals surface area contributed by atoms with E-state index in [-0.39, 0.29) is 36.1 Å². The van der Waals surface area contributed by atoms with Crippen molar-refractivity contribution in [3.63, 3.8) is 0 Å². The number of methoxy groups -OCH3 is 1. The van der Waals surface area contributed by atoms with E-state index in [0.717, 1.165) is 64.4 Å². The maximum Gasteiger partial charge on any atom is 0.407 e. The molecule has 1 aliphatic rings. The molecule has 0 aromatic heterocycles. The molecule has 1 fully saturated rings. The average molecular weight is 543 g/mol. The van der Waals surface area contributed by atoms with Gasteiger partial charge in [-0.1, -0.05) is 13.3 Å². The molecule has 1 aliphatic heterocycles. The van der Waals surface area contributed by atoms with E-state index in [4.69, 9.17) is 14.2 Å². The highest BCUT2D eigenvalue weighted by atomic mass is 127. The molecule has 0 aromatic carbocycles. The van der Waals surface area contributed by atoms with Crippen LogP contribution in [0.25, 0.3) is 0 Å². The monoisotopic (exact) mass is 542 g/mol. The summed E-state index contributed by atoms with van der Waals surface area (Å²) in [6, 6.07) is -0.00624. The molecule has 0 aromatic rings. The van der Waals surface area contributed by atoms with Gasteiger partial charge in [0.25, 0.3) is 0 Å². The van der Waals surface area contributed by atoms with Gasteiger partial charge in [-0.25, -0.2) is 4.79 Å².